The van der Waals surface area contributed by atoms with Gasteiger partial charge < -0.3 is 0 Å². The molecule has 0 saturated carbocycles. The number of ketones is 1. The molecular weight excluding hydrogens is 424 g/mol. The molecule has 0 fully saturated rings. The Balaban J connectivity index is 0.000000465. The van der Waals surface area contributed by atoms with Crippen molar-refractivity contribution < 1.29 is 4.79 Å². The highest BCUT2D eigenvalue weighted by Crippen LogP contribution is 2.30. The largest absolute Gasteiger partial charge is 0.295 e. The van der Waals surface area contributed by atoms with Gasteiger partial charge in [0.05, 0.1) is 0 Å². The van der Waals surface area contributed by atoms with Crippen LogP contribution in [0.15, 0.2) is 103 Å². The third-order valence-corrected chi connectivity index (χ3v) is 6.36. The van der Waals surface area contributed by atoms with Gasteiger partial charge in [0.1, 0.15) is 0 Å². The predicted octanol–water partition coefficient (Wildman–Crippen LogP) is 9.49. The van der Waals surface area contributed by atoms with Crippen LogP contribution in [0.25, 0.3) is 11.1 Å². The van der Waals surface area contributed by atoms with Crippen molar-refractivity contribution in [3.05, 3.63) is 131 Å². The Morgan fingerprint density at radius 2 is 1.31 bits per heavy atom. The van der Waals surface area contributed by atoms with Crippen LogP contribution >= 0.6 is 0 Å². The first-order valence-corrected chi connectivity index (χ1v) is 12.3. The highest BCUT2D eigenvalue weighted by atomic mass is 16.1. The molecule has 1 nitrogen and oxygen atoms in total. The first kappa shape index (κ1) is 27.8. The fourth-order valence-electron chi connectivity index (χ4n) is 4.31. The van der Waals surface area contributed by atoms with E-state index in [0.29, 0.717) is 5.92 Å². The second-order valence-electron chi connectivity index (χ2n) is 8.94. The lowest BCUT2D eigenvalue weighted by molar-refractivity contribution is 0.101. The number of carbonyl (C=O) groups excluding carboxylic acids is 1. The topological polar surface area (TPSA) is 17.1 Å². The molecule has 0 radical (unpaired) electrons. The molecule has 0 saturated heterocycles. The van der Waals surface area contributed by atoms with Crippen LogP contribution in [0.3, 0.4) is 0 Å². The molecule has 1 heteroatoms. The molecule has 0 aliphatic heterocycles. The summed E-state index contributed by atoms with van der Waals surface area (Å²) in [4.78, 5) is 12.2. The Labute approximate surface area is 212 Å². The van der Waals surface area contributed by atoms with E-state index in [1.54, 1.807) is 6.92 Å². The van der Waals surface area contributed by atoms with Crippen LogP contribution in [0, 0.1) is 6.92 Å². The zero-order valence-electron chi connectivity index (χ0n) is 20.9. The van der Waals surface area contributed by atoms with E-state index in [9.17, 15) is 4.79 Å². The van der Waals surface area contributed by atoms with Crippen molar-refractivity contribution in [3.63, 3.8) is 0 Å². The zero-order valence-corrected chi connectivity index (χ0v) is 20.9. The Morgan fingerprint density at radius 1 is 0.743 bits per heavy atom. The smallest absolute Gasteiger partial charge is 0.160 e. The van der Waals surface area contributed by atoms with E-state index in [2.05, 4.69) is 93.6 Å². The molecule has 0 spiro atoms. The number of carbonyl (C=O) groups is 1. The molecule has 0 N–H and O–H groups in total. The first-order chi connectivity index (χ1) is 16.5. The predicted molar refractivity (Wildman–Crippen MR) is 152 cm³/mol. The highest BCUT2D eigenvalue weighted by Gasteiger charge is 2.15. The molecule has 0 heterocycles. The van der Waals surface area contributed by atoms with Crippen LogP contribution in [0.2, 0.25) is 0 Å². The quantitative estimate of drug-likeness (QED) is 0.249. The van der Waals surface area contributed by atoms with Crippen molar-refractivity contribution in [2.24, 2.45) is 0 Å². The lowest BCUT2D eigenvalue weighted by Gasteiger charge is -2.18. The molecule has 1 unspecified atom stereocenters. The number of hydrogen-bond acceptors (Lipinski definition) is 1. The van der Waals surface area contributed by atoms with E-state index >= 15 is 0 Å². The minimum Gasteiger partial charge on any atom is -0.295 e. The van der Waals surface area contributed by atoms with Gasteiger partial charge in [0.2, 0.25) is 0 Å². The van der Waals surface area contributed by atoms with E-state index in [0.717, 1.165) is 30.4 Å². The second kappa shape index (κ2) is 14.1. The minimum absolute atomic E-state index is 0. The van der Waals surface area contributed by atoms with Gasteiger partial charge in [-0.05, 0) is 66.8 Å². The molecule has 4 aromatic carbocycles. The molecule has 0 bridgehead atoms. The molecule has 0 aliphatic rings. The van der Waals surface area contributed by atoms with Gasteiger partial charge in [-0.3, -0.25) is 4.79 Å². The van der Waals surface area contributed by atoms with Gasteiger partial charge in [-0.25, -0.2) is 0 Å². The number of rotatable bonds is 7. The number of hydrogen-bond donors (Lipinski definition) is 0. The van der Waals surface area contributed by atoms with Gasteiger partial charge in [0, 0.05) is 5.56 Å². The minimum atomic E-state index is 0. The normalized spacial score (nSPS) is 11.0. The Morgan fingerprint density at radius 3 is 1.86 bits per heavy atom. The zero-order chi connectivity index (χ0) is 24.3. The maximum Gasteiger partial charge on any atom is 0.160 e. The fourth-order valence-corrected chi connectivity index (χ4v) is 4.31. The second-order valence-corrected chi connectivity index (χ2v) is 8.94. The number of Topliss-reactive ketones (excluding diaryl/α,β-unsaturated/α-hetero) is 1. The van der Waals surface area contributed by atoms with Gasteiger partial charge in [0.25, 0.3) is 0 Å². The molecule has 0 aliphatic carbocycles. The van der Waals surface area contributed by atoms with Crippen LogP contribution in [-0.2, 0) is 12.8 Å². The summed E-state index contributed by atoms with van der Waals surface area (Å²) in [6.45, 7) is 8.20. The van der Waals surface area contributed by atoms with E-state index < -0.39 is 0 Å². The van der Waals surface area contributed by atoms with Gasteiger partial charge >= 0.3 is 0 Å². The lowest BCUT2D eigenvalue weighted by Crippen LogP contribution is -2.06. The van der Waals surface area contributed by atoms with Crippen molar-refractivity contribution in [2.45, 2.75) is 60.3 Å². The van der Waals surface area contributed by atoms with Crippen molar-refractivity contribution in [2.75, 3.05) is 0 Å². The first-order valence-electron chi connectivity index (χ1n) is 12.3. The summed E-state index contributed by atoms with van der Waals surface area (Å²) in [6, 6.07) is 35.6. The summed E-state index contributed by atoms with van der Waals surface area (Å²) in [5, 5.41) is 0. The van der Waals surface area contributed by atoms with E-state index in [4.69, 9.17) is 0 Å². The van der Waals surface area contributed by atoms with Crippen LogP contribution in [0.1, 0.15) is 73.1 Å². The molecule has 35 heavy (non-hydrogen) atoms. The molecule has 0 aromatic heterocycles. The average Bonchev–Trinajstić information content (AvgIpc) is 2.88. The molecule has 4 aromatic rings. The van der Waals surface area contributed by atoms with Crippen molar-refractivity contribution in [1.29, 1.82) is 0 Å². The van der Waals surface area contributed by atoms with Crippen LogP contribution < -0.4 is 0 Å². The number of aryl methyl sites for hydroxylation is 3. The summed E-state index contributed by atoms with van der Waals surface area (Å²) < 4.78 is 0. The van der Waals surface area contributed by atoms with E-state index in [1.165, 1.54) is 27.8 Å². The lowest BCUT2D eigenvalue weighted by atomic mass is 9.86. The van der Waals surface area contributed by atoms with Gasteiger partial charge in [-0.1, -0.05) is 130 Å². The molecule has 4 rings (SSSR count). The standard InChI is InChI=1S/C26H28O.C7H8.CH4/c1-4-21-10-8-9-13-23(21)15-14-19(2)26-18-24(16-17-25(26)20(3)27)22-11-6-5-7-12-22;1-7-5-3-2-4-6-7;/h5-13,16-19H,4,14-15H2,1-3H3;2-6H,1H3;1H4. The van der Waals surface area contributed by atoms with E-state index in [-0.39, 0.29) is 13.2 Å². The summed E-state index contributed by atoms with van der Waals surface area (Å²) in [5.74, 6) is 0.475. The van der Waals surface area contributed by atoms with Gasteiger partial charge in [-0.2, -0.15) is 0 Å². The Bertz CT molecular complexity index is 1180. The van der Waals surface area contributed by atoms with Gasteiger partial charge in [-0.15, -0.1) is 0 Å². The summed E-state index contributed by atoms with van der Waals surface area (Å²) in [7, 11) is 0. The molecule has 1 atom stereocenters. The summed E-state index contributed by atoms with van der Waals surface area (Å²) in [6.07, 6.45) is 3.14. The molecular formula is C34H40O. The van der Waals surface area contributed by atoms with Gasteiger partial charge in [0.15, 0.2) is 5.78 Å². The average molecular weight is 465 g/mol. The summed E-state index contributed by atoms with van der Waals surface area (Å²) >= 11 is 0. The molecule has 0 amide bonds. The Kier molecular flexibility index (Phi) is 11.2. The fraction of sp³-hybridized carbons (Fsp3) is 0.265. The van der Waals surface area contributed by atoms with E-state index in [1.807, 2.05) is 30.3 Å². The van der Waals surface area contributed by atoms with Crippen molar-refractivity contribution in [1.82, 2.24) is 0 Å². The maximum atomic E-state index is 12.2. The third-order valence-electron chi connectivity index (χ3n) is 6.36. The van der Waals surface area contributed by atoms with Crippen LogP contribution in [0.5, 0.6) is 0 Å². The SMILES string of the molecule is C.CCc1ccccc1CCC(C)c1cc(-c2ccccc2)ccc1C(C)=O.Cc1ccccc1. The van der Waals surface area contributed by atoms with Crippen LogP contribution in [0.4, 0.5) is 0 Å². The number of benzene rings is 4. The molecule has 182 valence electrons. The maximum absolute atomic E-state index is 12.2. The van der Waals surface area contributed by atoms with Crippen LogP contribution in [-0.4, -0.2) is 5.78 Å². The third kappa shape index (κ3) is 8.07. The Hall–Kier alpha value is -3.45. The van der Waals surface area contributed by atoms with Crippen molar-refractivity contribution >= 4 is 5.78 Å². The van der Waals surface area contributed by atoms with Crippen molar-refractivity contribution in [3.8, 4) is 11.1 Å². The highest BCUT2D eigenvalue weighted by molar-refractivity contribution is 5.96. The monoisotopic (exact) mass is 464 g/mol. The summed E-state index contributed by atoms with van der Waals surface area (Å²) in [5.41, 5.74) is 8.56.